The van der Waals surface area contributed by atoms with Crippen molar-refractivity contribution in [3.63, 3.8) is 0 Å². The summed E-state index contributed by atoms with van der Waals surface area (Å²) in [7, 11) is 0. The maximum absolute atomic E-state index is 12.2. The van der Waals surface area contributed by atoms with E-state index in [1.54, 1.807) is 0 Å². The van der Waals surface area contributed by atoms with E-state index in [0.717, 1.165) is 31.4 Å². The van der Waals surface area contributed by atoms with Crippen molar-refractivity contribution in [1.29, 1.82) is 5.26 Å². The predicted molar refractivity (Wildman–Crippen MR) is 91.6 cm³/mol. The Morgan fingerprint density at radius 2 is 2.09 bits per heavy atom. The Balaban J connectivity index is 2.03. The Morgan fingerprint density at radius 3 is 2.78 bits per heavy atom. The van der Waals surface area contributed by atoms with Crippen LogP contribution < -0.4 is 10.6 Å². The van der Waals surface area contributed by atoms with Gasteiger partial charge in [-0.15, -0.1) is 0 Å². The molecule has 1 aromatic rings. The Labute approximate surface area is 138 Å². The van der Waals surface area contributed by atoms with E-state index in [9.17, 15) is 4.79 Å². The molecule has 0 aliphatic heterocycles. The SMILES string of the molecule is CCCN/C=C(/C#N)C(=O)NC(C)c1ccc2c(c1)CCCC2. The van der Waals surface area contributed by atoms with Gasteiger partial charge in [0, 0.05) is 12.7 Å². The summed E-state index contributed by atoms with van der Waals surface area (Å²) in [6.07, 6.45) is 7.22. The molecule has 23 heavy (non-hydrogen) atoms. The molecule has 0 radical (unpaired) electrons. The third-order valence-corrected chi connectivity index (χ3v) is 4.23. The van der Waals surface area contributed by atoms with Crippen LogP contribution in [0.15, 0.2) is 30.0 Å². The summed E-state index contributed by atoms with van der Waals surface area (Å²) in [6, 6.07) is 8.30. The van der Waals surface area contributed by atoms with E-state index < -0.39 is 0 Å². The van der Waals surface area contributed by atoms with Crippen LogP contribution in [0.1, 0.15) is 55.8 Å². The average Bonchev–Trinajstić information content (AvgIpc) is 2.58. The van der Waals surface area contributed by atoms with Crippen LogP contribution in [0.4, 0.5) is 0 Å². The number of carbonyl (C=O) groups is 1. The minimum absolute atomic E-state index is 0.113. The minimum atomic E-state index is -0.332. The summed E-state index contributed by atoms with van der Waals surface area (Å²) in [4.78, 5) is 12.2. The largest absolute Gasteiger partial charge is 0.390 e. The zero-order valence-electron chi connectivity index (χ0n) is 14.0. The maximum Gasteiger partial charge on any atom is 0.263 e. The van der Waals surface area contributed by atoms with Crippen LogP contribution in [-0.4, -0.2) is 12.5 Å². The third kappa shape index (κ3) is 4.59. The lowest BCUT2D eigenvalue weighted by Gasteiger charge is -2.20. The number of nitrogens with one attached hydrogen (secondary N) is 2. The molecule has 1 amide bonds. The van der Waals surface area contributed by atoms with Crippen molar-refractivity contribution in [3.05, 3.63) is 46.7 Å². The van der Waals surface area contributed by atoms with Crippen LogP contribution in [0, 0.1) is 11.3 Å². The van der Waals surface area contributed by atoms with Gasteiger partial charge in [0.25, 0.3) is 5.91 Å². The van der Waals surface area contributed by atoms with Gasteiger partial charge >= 0.3 is 0 Å². The molecular weight excluding hydrogens is 286 g/mol. The smallest absolute Gasteiger partial charge is 0.263 e. The molecule has 4 heteroatoms. The number of rotatable bonds is 6. The van der Waals surface area contributed by atoms with E-state index in [1.807, 2.05) is 19.9 Å². The summed E-state index contributed by atoms with van der Waals surface area (Å²) < 4.78 is 0. The number of amides is 1. The number of carbonyl (C=O) groups excluding carboxylic acids is 1. The molecule has 0 spiro atoms. The lowest BCUT2D eigenvalue weighted by atomic mass is 9.89. The fourth-order valence-electron chi connectivity index (χ4n) is 2.85. The summed E-state index contributed by atoms with van der Waals surface area (Å²) in [5.74, 6) is -0.332. The molecule has 1 atom stereocenters. The first-order chi connectivity index (χ1) is 11.2. The van der Waals surface area contributed by atoms with Crippen LogP contribution in [0.3, 0.4) is 0 Å². The van der Waals surface area contributed by atoms with E-state index in [4.69, 9.17) is 5.26 Å². The van der Waals surface area contributed by atoms with E-state index in [0.29, 0.717) is 0 Å². The van der Waals surface area contributed by atoms with Crippen LogP contribution in [0.25, 0.3) is 0 Å². The van der Waals surface area contributed by atoms with Crippen molar-refractivity contribution in [2.75, 3.05) is 6.54 Å². The van der Waals surface area contributed by atoms with Crippen molar-refractivity contribution in [3.8, 4) is 6.07 Å². The van der Waals surface area contributed by atoms with Gasteiger partial charge < -0.3 is 10.6 Å². The average molecular weight is 311 g/mol. The first kappa shape index (κ1) is 17.1. The molecule has 0 bridgehead atoms. The first-order valence-electron chi connectivity index (χ1n) is 8.42. The van der Waals surface area contributed by atoms with Crippen LogP contribution in [-0.2, 0) is 17.6 Å². The quantitative estimate of drug-likeness (QED) is 0.482. The molecule has 1 aromatic carbocycles. The molecule has 0 fully saturated rings. The Bertz CT molecular complexity index is 628. The number of fused-ring (bicyclic) bond motifs is 1. The van der Waals surface area contributed by atoms with Crippen LogP contribution >= 0.6 is 0 Å². The van der Waals surface area contributed by atoms with Gasteiger partial charge in [0.15, 0.2) is 0 Å². The number of hydrogen-bond donors (Lipinski definition) is 2. The molecule has 0 aromatic heterocycles. The second-order valence-corrected chi connectivity index (χ2v) is 6.05. The van der Waals surface area contributed by atoms with Gasteiger partial charge in [0.1, 0.15) is 11.6 Å². The zero-order chi connectivity index (χ0) is 16.7. The molecule has 0 saturated carbocycles. The molecule has 2 rings (SSSR count). The Kier molecular flexibility index (Phi) is 6.22. The number of hydrogen-bond acceptors (Lipinski definition) is 3. The standard InChI is InChI=1S/C19H25N3O/c1-3-10-21-13-18(12-20)19(23)22-14(2)16-9-8-15-6-4-5-7-17(15)11-16/h8-9,11,13-14,21H,3-7,10H2,1-2H3,(H,22,23)/b18-13-. The normalized spacial score (nSPS) is 15.3. The number of nitrogens with zero attached hydrogens (tertiary/aromatic N) is 1. The van der Waals surface area contributed by atoms with E-state index >= 15 is 0 Å². The lowest BCUT2D eigenvalue weighted by Crippen LogP contribution is -2.28. The highest BCUT2D eigenvalue weighted by Gasteiger charge is 2.16. The van der Waals surface area contributed by atoms with E-state index in [-0.39, 0.29) is 17.5 Å². The second kappa shape index (κ2) is 8.38. The van der Waals surface area contributed by atoms with Crippen LogP contribution in [0.5, 0.6) is 0 Å². The van der Waals surface area contributed by atoms with Gasteiger partial charge in [-0.05, 0) is 55.7 Å². The molecule has 0 saturated heterocycles. The molecule has 1 aliphatic rings. The summed E-state index contributed by atoms with van der Waals surface area (Å²) >= 11 is 0. The molecular formula is C19H25N3O. The van der Waals surface area contributed by atoms with Gasteiger partial charge in [-0.2, -0.15) is 5.26 Å². The second-order valence-electron chi connectivity index (χ2n) is 6.05. The highest BCUT2D eigenvalue weighted by atomic mass is 16.1. The minimum Gasteiger partial charge on any atom is -0.390 e. The molecule has 4 nitrogen and oxygen atoms in total. The zero-order valence-corrected chi connectivity index (χ0v) is 14.0. The van der Waals surface area contributed by atoms with Crippen molar-refractivity contribution in [2.24, 2.45) is 0 Å². The summed E-state index contributed by atoms with van der Waals surface area (Å²) in [6.45, 7) is 4.74. The fraction of sp³-hybridized carbons (Fsp3) is 0.474. The molecule has 122 valence electrons. The molecule has 0 heterocycles. The summed E-state index contributed by atoms with van der Waals surface area (Å²) in [5.41, 5.74) is 4.04. The van der Waals surface area contributed by atoms with Crippen molar-refractivity contribution < 1.29 is 4.79 Å². The summed E-state index contributed by atoms with van der Waals surface area (Å²) in [5, 5.41) is 15.0. The van der Waals surface area contributed by atoms with Crippen LogP contribution in [0.2, 0.25) is 0 Å². The molecule has 1 unspecified atom stereocenters. The molecule has 1 aliphatic carbocycles. The van der Waals surface area contributed by atoms with Gasteiger partial charge in [-0.25, -0.2) is 0 Å². The first-order valence-corrected chi connectivity index (χ1v) is 8.42. The highest BCUT2D eigenvalue weighted by molar-refractivity contribution is 5.97. The predicted octanol–water partition coefficient (Wildman–Crippen LogP) is 3.15. The third-order valence-electron chi connectivity index (χ3n) is 4.23. The van der Waals surface area contributed by atoms with E-state index in [2.05, 4.69) is 28.8 Å². The fourth-order valence-corrected chi connectivity index (χ4v) is 2.85. The van der Waals surface area contributed by atoms with Crippen molar-refractivity contribution >= 4 is 5.91 Å². The molecule has 2 N–H and O–H groups in total. The monoisotopic (exact) mass is 311 g/mol. The van der Waals surface area contributed by atoms with E-state index in [1.165, 1.54) is 30.2 Å². The number of benzene rings is 1. The van der Waals surface area contributed by atoms with Gasteiger partial charge in [-0.3, -0.25) is 4.79 Å². The van der Waals surface area contributed by atoms with Gasteiger partial charge in [0.05, 0.1) is 6.04 Å². The van der Waals surface area contributed by atoms with Gasteiger partial charge in [0.2, 0.25) is 0 Å². The van der Waals surface area contributed by atoms with Gasteiger partial charge in [-0.1, -0.05) is 25.1 Å². The maximum atomic E-state index is 12.2. The number of aryl methyl sites for hydroxylation is 2. The topological polar surface area (TPSA) is 64.9 Å². The lowest BCUT2D eigenvalue weighted by molar-refractivity contribution is -0.117. The highest BCUT2D eigenvalue weighted by Crippen LogP contribution is 2.24. The van der Waals surface area contributed by atoms with Crippen molar-refractivity contribution in [2.45, 2.75) is 52.0 Å². The Hall–Kier alpha value is -2.28. The Morgan fingerprint density at radius 1 is 1.35 bits per heavy atom. The number of nitriles is 1. The van der Waals surface area contributed by atoms with Crippen molar-refractivity contribution in [1.82, 2.24) is 10.6 Å².